The minimum absolute atomic E-state index is 0.110. The highest BCUT2D eigenvalue weighted by atomic mass is 19.1. The summed E-state index contributed by atoms with van der Waals surface area (Å²) in [5, 5.41) is 12.2. The predicted octanol–water partition coefficient (Wildman–Crippen LogP) is 5.55. The second-order valence-electron chi connectivity index (χ2n) is 8.87. The number of aliphatic carboxylic acids is 1. The van der Waals surface area contributed by atoms with E-state index in [9.17, 15) is 13.6 Å². The first-order valence-corrected chi connectivity index (χ1v) is 11.2. The fourth-order valence-corrected chi connectivity index (χ4v) is 5.34. The zero-order chi connectivity index (χ0) is 22.6. The number of carboxylic acid groups (broad SMARTS) is 1. The molecule has 6 heteroatoms. The van der Waals surface area contributed by atoms with E-state index in [2.05, 4.69) is 17.5 Å². The van der Waals surface area contributed by atoms with Gasteiger partial charge in [0.25, 0.3) is 0 Å². The monoisotopic (exact) mass is 441 g/mol. The number of benzene rings is 2. The molecular formula is C26H29F2NO3. The molecule has 2 fully saturated rings. The first kappa shape index (κ1) is 22.5. The number of fused-ring (bicyclic) bond motifs is 2. The topological polar surface area (TPSA) is 58.6 Å². The molecule has 0 spiro atoms. The number of halogens is 2. The van der Waals surface area contributed by atoms with Gasteiger partial charge in [-0.05, 0) is 73.6 Å². The van der Waals surface area contributed by atoms with Crippen LogP contribution >= 0.6 is 0 Å². The fraction of sp³-hybridized carbons (Fsp3) is 0.423. The Hall–Kier alpha value is -2.73. The van der Waals surface area contributed by atoms with Gasteiger partial charge in [0.1, 0.15) is 11.6 Å². The highest BCUT2D eigenvalue weighted by Gasteiger charge is 2.58. The number of rotatable bonds is 10. The van der Waals surface area contributed by atoms with Crippen LogP contribution in [-0.2, 0) is 14.9 Å². The maximum atomic E-state index is 13.6. The molecule has 4 nitrogen and oxygen atoms in total. The Balaban J connectivity index is 1.50. The second kappa shape index (κ2) is 9.82. The van der Waals surface area contributed by atoms with Crippen LogP contribution < -0.4 is 5.32 Å². The van der Waals surface area contributed by atoms with Gasteiger partial charge in [-0.25, -0.2) is 8.78 Å². The predicted molar refractivity (Wildman–Crippen MR) is 120 cm³/mol. The second-order valence-corrected chi connectivity index (χ2v) is 8.87. The lowest BCUT2D eigenvalue weighted by molar-refractivity contribution is -0.137. The first-order chi connectivity index (χ1) is 15.5. The van der Waals surface area contributed by atoms with E-state index < -0.39 is 5.97 Å². The maximum Gasteiger partial charge on any atom is 0.303 e. The summed E-state index contributed by atoms with van der Waals surface area (Å²) in [5.41, 5.74) is 1.81. The van der Waals surface area contributed by atoms with Crippen molar-refractivity contribution in [3.8, 4) is 0 Å². The number of carbonyl (C=O) groups is 1. The summed E-state index contributed by atoms with van der Waals surface area (Å²) in [6.07, 6.45) is 7.61. The normalized spacial score (nSPS) is 26.6. The Labute approximate surface area is 187 Å². The van der Waals surface area contributed by atoms with Crippen molar-refractivity contribution in [3.63, 3.8) is 0 Å². The molecule has 0 unspecified atom stereocenters. The van der Waals surface area contributed by atoms with Crippen molar-refractivity contribution >= 4 is 11.7 Å². The summed E-state index contributed by atoms with van der Waals surface area (Å²) in [6, 6.07) is 13.1. The van der Waals surface area contributed by atoms with Gasteiger partial charge in [0.2, 0.25) is 0 Å². The van der Waals surface area contributed by atoms with Gasteiger partial charge in [-0.15, -0.1) is 0 Å². The smallest absolute Gasteiger partial charge is 0.303 e. The van der Waals surface area contributed by atoms with E-state index in [1.165, 1.54) is 24.3 Å². The van der Waals surface area contributed by atoms with E-state index in [1.54, 1.807) is 12.1 Å². The van der Waals surface area contributed by atoms with Crippen LogP contribution in [0.3, 0.4) is 0 Å². The molecule has 1 heterocycles. The standard InChI is InChI=1S/C26H29F2NO3/c27-19-9-7-18(8-10-19)26-15-24(32-17-26)22(16-29-21-13-11-20(28)12-14-21)23(26)5-3-1-2-4-6-25(30)31/h1,3,7-14,22-24,29H,2,4-6,15-17H2,(H,30,31)/t22-,23-,24-,26-/m0/s1. The van der Waals surface area contributed by atoms with E-state index in [-0.39, 0.29) is 35.5 Å². The first-order valence-electron chi connectivity index (χ1n) is 11.2. The van der Waals surface area contributed by atoms with Gasteiger partial charge < -0.3 is 15.2 Å². The minimum Gasteiger partial charge on any atom is -0.481 e. The molecule has 4 rings (SSSR count). The molecule has 4 atom stereocenters. The molecule has 1 saturated carbocycles. The van der Waals surface area contributed by atoms with Crippen molar-refractivity contribution in [2.24, 2.45) is 11.8 Å². The molecule has 2 aromatic carbocycles. The van der Waals surface area contributed by atoms with E-state index in [4.69, 9.17) is 9.84 Å². The number of hydrogen-bond donors (Lipinski definition) is 2. The van der Waals surface area contributed by atoms with E-state index in [0.29, 0.717) is 25.5 Å². The highest BCUT2D eigenvalue weighted by molar-refractivity contribution is 5.66. The Bertz CT molecular complexity index is 945. The minimum atomic E-state index is -0.772. The molecular weight excluding hydrogens is 412 g/mol. The van der Waals surface area contributed by atoms with Crippen molar-refractivity contribution in [2.75, 3.05) is 18.5 Å². The van der Waals surface area contributed by atoms with Crippen LogP contribution in [0.5, 0.6) is 0 Å². The average molecular weight is 442 g/mol. The molecule has 2 N–H and O–H groups in total. The largest absolute Gasteiger partial charge is 0.481 e. The third-order valence-corrected chi connectivity index (χ3v) is 6.95. The number of allylic oxidation sites excluding steroid dienone is 2. The van der Waals surface area contributed by atoms with Crippen LogP contribution in [-0.4, -0.2) is 30.3 Å². The van der Waals surface area contributed by atoms with E-state index >= 15 is 0 Å². The molecule has 170 valence electrons. The molecule has 1 aliphatic heterocycles. The highest BCUT2D eigenvalue weighted by Crippen LogP contribution is 2.56. The molecule has 2 aliphatic rings. The molecule has 0 amide bonds. The Morgan fingerprint density at radius 1 is 1.09 bits per heavy atom. The van der Waals surface area contributed by atoms with E-state index in [1.807, 2.05) is 12.1 Å². The van der Waals surface area contributed by atoms with Crippen molar-refractivity contribution in [2.45, 2.75) is 43.6 Å². The average Bonchev–Trinajstić information content (AvgIpc) is 3.34. The fourth-order valence-electron chi connectivity index (χ4n) is 5.34. The van der Waals surface area contributed by atoms with Crippen LogP contribution in [0.4, 0.5) is 14.5 Å². The van der Waals surface area contributed by atoms with Gasteiger partial charge in [-0.1, -0.05) is 24.3 Å². The SMILES string of the molecule is O=C(O)CCCC=CC[C@H]1[C@H](CNc2ccc(F)cc2)[C@@H]2C[C@@]1(c1ccc(F)cc1)CO2. The number of ether oxygens (including phenoxy) is 1. The molecule has 2 bridgehead atoms. The molecule has 1 aliphatic carbocycles. The number of anilines is 1. The lowest BCUT2D eigenvalue weighted by Crippen LogP contribution is -2.42. The summed E-state index contributed by atoms with van der Waals surface area (Å²) >= 11 is 0. The van der Waals surface area contributed by atoms with Gasteiger partial charge in [0, 0.05) is 30.0 Å². The summed E-state index contributed by atoms with van der Waals surface area (Å²) < 4.78 is 33.0. The van der Waals surface area contributed by atoms with Gasteiger partial charge in [-0.2, -0.15) is 0 Å². The Morgan fingerprint density at radius 2 is 1.78 bits per heavy atom. The zero-order valence-corrected chi connectivity index (χ0v) is 18.0. The van der Waals surface area contributed by atoms with Crippen molar-refractivity contribution in [1.82, 2.24) is 0 Å². The molecule has 32 heavy (non-hydrogen) atoms. The third-order valence-electron chi connectivity index (χ3n) is 6.95. The van der Waals surface area contributed by atoms with Gasteiger partial charge >= 0.3 is 5.97 Å². The number of nitrogens with one attached hydrogen (secondary N) is 1. The number of unbranched alkanes of at least 4 members (excludes halogenated alkanes) is 1. The number of carboxylic acids is 1. The molecule has 0 radical (unpaired) electrons. The molecule has 2 aromatic rings. The van der Waals surface area contributed by atoms with Crippen molar-refractivity contribution < 1.29 is 23.4 Å². The van der Waals surface area contributed by atoms with Gasteiger partial charge in [0.15, 0.2) is 0 Å². The van der Waals surface area contributed by atoms with Crippen molar-refractivity contribution in [1.29, 1.82) is 0 Å². The van der Waals surface area contributed by atoms with Crippen molar-refractivity contribution in [3.05, 3.63) is 77.9 Å². The van der Waals surface area contributed by atoms with Gasteiger partial charge in [0.05, 0.1) is 12.7 Å². The van der Waals surface area contributed by atoms with Crippen LogP contribution in [0.25, 0.3) is 0 Å². The lowest BCUT2D eigenvalue weighted by Gasteiger charge is -2.39. The number of hydrogen-bond acceptors (Lipinski definition) is 3. The Morgan fingerprint density at radius 3 is 2.47 bits per heavy atom. The van der Waals surface area contributed by atoms with Crippen LogP contribution in [0.15, 0.2) is 60.7 Å². The van der Waals surface area contributed by atoms with Crippen LogP contribution in [0.2, 0.25) is 0 Å². The summed E-state index contributed by atoms with van der Waals surface area (Å²) in [7, 11) is 0. The summed E-state index contributed by atoms with van der Waals surface area (Å²) in [5.74, 6) is -0.730. The Kier molecular flexibility index (Phi) is 6.89. The molecule has 1 saturated heterocycles. The van der Waals surface area contributed by atoms with E-state index in [0.717, 1.165) is 30.5 Å². The zero-order valence-electron chi connectivity index (χ0n) is 18.0. The van der Waals surface area contributed by atoms with Gasteiger partial charge in [-0.3, -0.25) is 4.79 Å². The summed E-state index contributed by atoms with van der Waals surface area (Å²) in [6.45, 7) is 1.32. The van der Waals surface area contributed by atoms with Crippen LogP contribution in [0.1, 0.15) is 37.7 Å². The van der Waals surface area contributed by atoms with Crippen LogP contribution in [0, 0.1) is 23.5 Å². The third kappa shape index (κ3) is 4.85. The maximum absolute atomic E-state index is 13.6. The lowest BCUT2D eigenvalue weighted by atomic mass is 9.69. The quantitative estimate of drug-likeness (QED) is 0.375. The molecule has 0 aromatic heterocycles. The summed E-state index contributed by atoms with van der Waals surface area (Å²) in [4.78, 5) is 10.7.